The highest BCUT2D eigenvalue weighted by atomic mass is 35.5. The molecule has 306 valence electrons. The molecule has 2 aromatic carbocycles. The monoisotopic (exact) mass is 824 g/mol. The molecule has 0 aromatic heterocycles. The quantitative estimate of drug-likeness (QED) is 0.120. The van der Waals surface area contributed by atoms with Gasteiger partial charge < -0.3 is 35.8 Å². The van der Waals surface area contributed by atoms with Crippen LogP contribution in [0.1, 0.15) is 56.3 Å². The fourth-order valence-corrected chi connectivity index (χ4v) is 8.40. The van der Waals surface area contributed by atoms with Gasteiger partial charge in [0.1, 0.15) is 28.1 Å². The van der Waals surface area contributed by atoms with E-state index in [2.05, 4.69) is 27.8 Å². The first-order valence-corrected chi connectivity index (χ1v) is 19.6. The van der Waals surface area contributed by atoms with Gasteiger partial charge in [0.25, 0.3) is 5.91 Å². The van der Waals surface area contributed by atoms with E-state index in [1.54, 1.807) is 65.2 Å². The highest BCUT2D eigenvalue weighted by molar-refractivity contribution is 6.51. The number of carbonyl (C=O) groups is 7. The molecule has 1 saturated carbocycles. The van der Waals surface area contributed by atoms with Crippen molar-refractivity contribution in [1.82, 2.24) is 31.1 Å². The fraction of sp³-hybridized carbons (Fsp3) is 0.488. The van der Waals surface area contributed by atoms with Crippen LogP contribution in [0.5, 0.6) is 0 Å². The van der Waals surface area contributed by atoms with Crippen molar-refractivity contribution in [3.05, 3.63) is 83.9 Å². The number of benzene rings is 2. The topological polar surface area (TPSA) is 183 Å². The number of Topliss-reactive ketones (excluding diaryl/α,β-unsaturated/α-hetero) is 1. The van der Waals surface area contributed by atoms with Crippen LogP contribution < -0.4 is 21.3 Å². The van der Waals surface area contributed by atoms with Gasteiger partial charge in [0, 0.05) is 32.5 Å². The number of allylic oxidation sites excluding steroid dienone is 1. The summed E-state index contributed by atoms with van der Waals surface area (Å²) in [4.78, 5) is 97.1. The summed E-state index contributed by atoms with van der Waals surface area (Å²) >= 11 is 13.2. The minimum Gasteiger partial charge on any atom is -0.444 e. The number of alkyl halides is 2. The van der Waals surface area contributed by atoms with Gasteiger partial charge in [-0.05, 0) is 69.1 Å². The first-order valence-electron chi connectivity index (χ1n) is 18.9. The lowest BCUT2D eigenvalue weighted by Crippen LogP contribution is -2.60. The van der Waals surface area contributed by atoms with Crippen molar-refractivity contribution < 1.29 is 38.3 Å². The van der Waals surface area contributed by atoms with Crippen LogP contribution in [0, 0.1) is 17.8 Å². The van der Waals surface area contributed by atoms with E-state index >= 15 is 0 Å². The number of piperidine rings is 1. The SMILES string of the molecule is C=CCCC(NC(=O)[C@@H]1C2C(CN1C(=O)C(NC(=O)OC(C)(C)C)C1Cc3ccccc3C1)C2(Cl)Cl)C(=O)C(=O)NCC(=O)N[C@H](C(=O)N(C)C)c1ccccc1. The molecule has 4 N–H and O–H groups in total. The van der Waals surface area contributed by atoms with Crippen molar-refractivity contribution in [2.75, 3.05) is 27.2 Å². The lowest BCUT2D eigenvalue weighted by molar-refractivity contribution is -0.144. The van der Waals surface area contributed by atoms with E-state index in [9.17, 15) is 33.6 Å². The van der Waals surface area contributed by atoms with E-state index in [4.69, 9.17) is 27.9 Å². The standard InChI is InChI=1S/C41H50Cl2N6O8/c1-7-8-18-28(34(51)36(53)44-21-29(50)46-31(37(54)48(5)6)23-14-10-9-11-15-23)45-35(52)33-30-27(41(30,42)43)22-49(33)38(55)32(47-39(56)57-40(2,3)4)26-19-24-16-12-13-17-25(24)20-26/h7,9-17,26-28,30-33H,1,8,18-22H2,2-6H3,(H,44,53)(H,45,52)(H,46,50)(H,47,56)/t27?,28?,30?,31-,32?,33-/m0/s1. The Morgan fingerprint density at radius 2 is 1.56 bits per heavy atom. The molecular weight excluding hydrogens is 775 g/mol. The fourth-order valence-electron chi connectivity index (χ4n) is 7.58. The third kappa shape index (κ3) is 10.1. The second-order valence-corrected chi connectivity index (χ2v) is 17.4. The number of fused-ring (bicyclic) bond motifs is 2. The van der Waals surface area contributed by atoms with Gasteiger partial charge in [-0.1, -0.05) is 60.7 Å². The first kappa shape index (κ1) is 43.2. The Kier molecular flexibility index (Phi) is 13.4. The maximum atomic E-state index is 14.6. The molecule has 16 heteroatoms. The molecule has 4 unspecified atom stereocenters. The van der Waals surface area contributed by atoms with Crippen molar-refractivity contribution in [3.63, 3.8) is 0 Å². The predicted molar refractivity (Wildman–Crippen MR) is 213 cm³/mol. The van der Waals surface area contributed by atoms with Crippen LogP contribution in [0.4, 0.5) is 4.79 Å². The van der Waals surface area contributed by atoms with Gasteiger partial charge in [-0.2, -0.15) is 0 Å². The Balaban J connectivity index is 1.30. The number of hydrogen-bond donors (Lipinski definition) is 4. The molecule has 2 aliphatic carbocycles. The number of amides is 6. The van der Waals surface area contributed by atoms with Crippen molar-refractivity contribution in [2.24, 2.45) is 17.8 Å². The molecule has 6 amide bonds. The van der Waals surface area contributed by atoms with E-state index in [1.165, 1.54) is 15.9 Å². The summed E-state index contributed by atoms with van der Waals surface area (Å²) in [6, 6.07) is 11.6. The summed E-state index contributed by atoms with van der Waals surface area (Å²) in [6.45, 7) is 8.18. The number of ketones is 1. The summed E-state index contributed by atoms with van der Waals surface area (Å²) in [5.41, 5.74) is 1.77. The number of rotatable bonds is 15. The van der Waals surface area contributed by atoms with Crippen LogP contribution >= 0.6 is 23.2 Å². The van der Waals surface area contributed by atoms with Crippen LogP contribution in [0.25, 0.3) is 0 Å². The van der Waals surface area contributed by atoms with Gasteiger partial charge in [0.05, 0.1) is 12.6 Å². The van der Waals surface area contributed by atoms with Crippen LogP contribution in [-0.2, 0) is 46.3 Å². The van der Waals surface area contributed by atoms with Crippen molar-refractivity contribution in [3.8, 4) is 0 Å². The highest BCUT2D eigenvalue weighted by Gasteiger charge is 2.74. The molecular formula is C41H50Cl2N6O8. The number of carbonyl (C=O) groups excluding carboxylic acids is 7. The van der Waals surface area contributed by atoms with Crippen molar-refractivity contribution >= 4 is 64.6 Å². The zero-order chi connectivity index (χ0) is 41.8. The van der Waals surface area contributed by atoms with Gasteiger partial charge in [0.15, 0.2) is 0 Å². The normalized spacial score (nSPS) is 20.8. The maximum Gasteiger partial charge on any atom is 0.408 e. The van der Waals surface area contributed by atoms with Gasteiger partial charge >= 0.3 is 6.09 Å². The zero-order valence-electron chi connectivity index (χ0n) is 32.7. The Morgan fingerprint density at radius 1 is 0.947 bits per heavy atom. The zero-order valence-corrected chi connectivity index (χ0v) is 34.2. The molecule has 1 saturated heterocycles. The lowest BCUT2D eigenvalue weighted by Gasteiger charge is -2.35. The minimum atomic E-state index is -1.37. The Bertz CT molecular complexity index is 1880. The summed E-state index contributed by atoms with van der Waals surface area (Å²) < 4.78 is 4.19. The molecule has 57 heavy (non-hydrogen) atoms. The molecule has 5 rings (SSSR count). The number of likely N-dealkylation sites (N-methyl/N-ethyl adjacent to an activating group) is 1. The molecule has 6 atom stereocenters. The van der Waals surface area contributed by atoms with E-state index in [0.717, 1.165) is 11.1 Å². The smallest absolute Gasteiger partial charge is 0.408 e. The van der Waals surface area contributed by atoms with E-state index in [0.29, 0.717) is 18.4 Å². The second kappa shape index (κ2) is 17.7. The summed E-state index contributed by atoms with van der Waals surface area (Å²) in [7, 11) is 3.09. The molecule has 2 aromatic rings. The van der Waals surface area contributed by atoms with Crippen LogP contribution in [0.15, 0.2) is 67.3 Å². The molecule has 3 aliphatic rings. The van der Waals surface area contributed by atoms with Gasteiger partial charge in [-0.15, -0.1) is 29.8 Å². The summed E-state index contributed by atoms with van der Waals surface area (Å²) in [6.07, 6.45) is 1.93. The number of halogens is 2. The number of likely N-dealkylation sites (tertiary alicyclic amines) is 1. The van der Waals surface area contributed by atoms with E-state index < -0.39 is 93.9 Å². The number of alkyl carbamates (subject to hydrolysis) is 1. The highest BCUT2D eigenvalue weighted by Crippen LogP contribution is 2.65. The number of ether oxygens (including phenoxy) is 1. The maximum absolute atomic E-state index is 14.6. The molecule has 0 radical (unpaired) electrons. The Morgan fingerprint density at radius 3 is 2.14 bits per heavy atom. The van der Waals surface area contributed by atoms with Crippen LogP contribution in [-0.4, -0.2) is 106 Å². The Hall–Kier alpha value is -4.95. The minimum absolute atomic E-state index is 0.0158. The summed E-state index contributed by atoms with van der Waals surface area (Å²) in [5.74, 6) is -6.13. The predicted octanol–water partition coefficient (Wildman–Crippen LogP) is 3.01. The summed E-state index contributed by atoms with van der Waals surface area (Å²) in [5, 5.41) is 10.3. The number of hydrogen-bond acceptors (Lipinski definition) is 8. The van der Waals surface area contributed by atoms with Crippen LogP contribution in [0.3, 0.4) is 0 Å². The number of nitrogens with one attached hydrogen (secondary N) is 4. The second-order valence-electron chi connectivity index (χ2n) is 15.9. The molecule has 0 bridgehead atoms. The largest absolute Gasteiger partial charge is 0.444 e. The molecule has 2 fully saturated rings. The lowest BCUT2D eigenvalue weighted by atomic mass is 9.94. The van der Waals surface area contributed by atoms with Crippen LogP contribution in [0.2, 0.25) is 0 Å². The molecule has 1 aliphatic heterocycles. The van der Waals surface area contributed by atoms with E-state index in [-0.39, 0.29) is 25.3 Å². The van der Waals surface area contributed by atoms with Crippen molar-refractivity contribution in [2.45, 2.75) is 80.6 Å². The number of nitrogens with zero attached hydrogens (tertiary/aromatic N) is 2. The molecule has 14 nitrogen and oxygen atoms in total. The Labute approximate surface area is 342 Å². The van der Waals surface area contributed by atoms with Gasteiger partial charge in [0.2, 0.25) is 29.4 Å². The molecule has 1 heterocycles. The van der Waals surface area contributed by atoms with Crippen molar-refractivity contribution in [1.29, 1.82) is 0 Å². The first-order chi connectivity index (χ1) is 26.8. The third-order valence-corrected chi connectivity index (χ3v) is 11.5. The van der Waals surface area contributed by atoms with Gasteiger partial charge in [-0.25, -0.2) is 4.79 Å². The average molecular weight is 826 g/mol. The molecule has 0 spiro atoms. The third-order valence-electron chi connectivity index (χ3n) is 10.4. The average Bonchev–Trinajstić information content (AvgIpc) is 3.51. The van der Waals surface area contributed by atoms with E-state index in [1.807, 2.05) is 24.3 Å². The van der Waals surface area contributed by atoms with Gasteiger partial charge in [-0.3, -0.25) is 28.8 Å².